The van der Waals surface area contributed by atoms with Crippen LogP contribution in [0.3, 0.4) is 0 Å². The number of rotatable bonds is 4. The Morgan fingerprint density at radius 1 is 1.33 bits per heavy atom. The van der Waals surface area contributed by atoms with Crippen molar-refractivity contribution < 1.29 is 18.3 Å². The lowest BCUT2D eigenvalue weighted by Gasteiger charge is -2.31. The molecule has 2 aliphatic heterocycles. The van der Waals surface area contributed by atoms with Crippen LogP contribution in [-0.2, 0) is 9.53 Å². The van der Waals surface area contributed by atoms with E-state index in [1.165, 1.54) is 12.1 Å². The van der Waals surface area contributed by atoms with Crippen molar-refractivity contribution >= 4 is 11.6 Å². The summed E-state index contributed by atoms with van der Waals surface area (Å²) in [4.78, 5) is 16.4. The van der Waals surface area contributed by atoms with Crippen LogP contribution in [0.25, 0.3) is 0 Å². The zero-order valence-corrected chi connectivity index (χ0v) is 13.8. The number of nitrogens with one attached hydrogen (secondary N) is 1. The highest BCUT2D eigenvalue weighted by atomic mass is 19.1. The first-order valence-corrected chi connectivity index (χ1v) is 8.41. The molecular weight excluding hydrogens is 316 g/mol. The first-order valence-electron chi connectivity index (χ1n) is 8.41. The molecule has 2 fully saturated rings. The molecule has 0 aliphatic carbocycles. The normalized spacial score (nSPS) is 25.0. The van der Waals surface area contributed by atoms with Crippen molar-refractivity contribution in [3.05, 3.63) is 29.8 Å². The summed E-state index contributed by atoms with van der Waals surface area (Å²) in [6.45, 7) is 6.11. The molecule has 1 amide bonds. The minimum Gasteiger partial charge on any atom is -0.367 e. The van der Waals surface area contributed by atoms with E-state index >= 15 is 0 Å². The molecule has 132 valence electrons. The molecule has 5 nitrogen and oxygen atoms in total. The molecule has 1 aromatic rings. The quantitative estimate of drug-likeness (QED) is 0.900. The van der Waals surface area contributed by atoms with Crippen LogP contribution in [0.4, 0.5) is 14.5 Å². The number of ether oxygens (including phenoxy) is 1. The smallest absolute Gasteiger partial charge is 0.250 e. The minimum atomic E-state index is -0.588. The van der Waals surface area contributed by atoms with E-state index in [1.54, 1.807) is 0 Å². The highest BCUT2D eigenvalue weighted by Crippen LogP contribution is 2.24. The number of anilines is 1. The van der Waals surface area contributed by atoms with Gasteiger partial charge in [-0.2, -0.15) is 0 Å². The largest absolute Gasteiger partial charge is 0.367 e. The average molecular weight is 339 g/mol. The van der Waals surface area contributed by atoms with Gasteiger partial charge in [-0.25, -0.2) is 8.78 Å². The van der Waals surface area contributed by atoms with Crippen molar-refractivity contribution in [2.24, 2.45) is 0 Å². The second-order valence-electron chi connectivity index (χ2n) is 6.29. The van der Waals surface area contributed by atoms with Gasteiger partial charge in [0.25, 0.3) is 5.91 Å². The number of carbonyl (C=O) groups is 1. The number of amides is 1. The van der Waals surface area contributed by atoms with Gasteiger partial charge in [-0.1, -0.05) is 6.92 Å². The topological polar surface area (TPSA) is 44.8 Å². The van der Waals surface area contributed by atoms with Crippen molar-refractivity contribution in [3.63, 3.8) is 0 Å². The molecule has 7 heteroatoms. The zero-order chi connectivity index (χ0) is 17.1. The van der Waals surface area contributed by atoms with Gasteiger partial charge in [-0.05, 0) is 25.1 Å². The molecule has 0 spiro atoms. The summed E-state index contributed by atoms with van der Waals surface area (Å²) in [5, 5.41) is 3.00. The predicted molar refractivity (Wildman–Crippen MR) is 87.0 cm³/mol. The second-order valence-corrected chi connectivity index (χ2v) is 6.29. The van der Waals surface area contributed by atoms with Crippen molar-refractivity contribution in [3.8, 4) is 0 Å². The number of carbonyl (C=O) groups excluding carboxylic acids is 1. The maximum atomic E-state index is 13.9. The van der Waals surface area contributed by atoms with E-state index in [1.807, 2.05) is 4.90 Å². The predicted octanol–water partition coefficient (Wildman–Crippen LogP) is 1.38. The van der Waals surface area contributed by atoms with Crippen LogP contribution in [0.2, 0.25) is 0 Å². The van der Waals surface area contributed by atoms with Gasteiger partial charge in [0.05, 0.1) is 12.3 Å². The molecule has 1 N–H and O–H groups in total. The average Bonchev–Trinajstić information content (AvgIpc) is 3.03. The van der Waals surface area contributed by atoms with Crippen LogP contribution < -0.4 is 10.2 Å². The third-order valence-corrected chi connectivity index (χ3v) is 4.68. The highest BCUT2D eigenvalue weighted by molar-refractivity contribution is 5.81. The first kappa shape index (κ1) is 17.1. The van der Waals surface area contributed by atoms with Crippen LogP contribution in [-0.4, -0.2) is 62.3 Å². The fourth-order valence-electron chi connectivity index (χ4n) is 3.28. The van der Waals surface area contributed by atoms with E-state index in [4.69, 9.17) is 4.74 Å². The Bertz CT molecular complexity index is 599. The number of hydrogen-bond acceptors (Lipinski definition) is 4. The van der Waals surface area contributed by atoms with E-state index in [9.17, 15) is 13.6 Å². The number of nitrogens with zero attached hydrogens (tertiary/aromatic N) is 2. The monoisotopic (exact) mass is 339 g/mol. The number of halogens is 2. The lowest BCUT2D eigenvalue weighted by Crippen LogP contribution is -2.52. The Morgan fingerprint density at radius 3 is 2.92 bits per heavy atom. The maximum Gasteiger partial charge on any atom is 0.250 e. The molecule has 2 atom stereocenters. The molecule has 3 rings (SSSR count). The summed E-state index contributed by atoms with van der Waals surface area (Å²) in [7, 11) is 0. The van der Waals surface area contributed by atoms with Crippen molar-refractivity contribution in [2.45, 2.75) is 25.5 Å². The van der Waals surface area contributed by atoms with Crippen LogP contribution in [0.1, 0.15) is 13.3 Å². The lowest BCUT2D eigenvalue weighted by molar-refractivity contribution is -0.139. The van der Waals surface area contributed by atoms with Crippen LogP contribution in [0, 0.1) is 11.6 Å². The Labute approximate surface area is 140 Å². The van der Waals surface area contributed by atoms with Gasteiger partial charge < -0.3 is 15.0 Å². The van der Waals surface area contributed by atoms with Gasteiger partial charge >= 0.3 is 0 Å². The van der Waals surface area contributed by atoms with Crippen molar-refractivity contribution in [2.75, 3.05) is 44.2 Å². The standard InChI is InChI=1S/C17H23F2N3O2/c1-2-21-7-8-24-16(11-21)17(23)20-13-5-6-22(10-13)15-4-3-12(18)9-14(15)19/h3-4,9,13,16H,2,5-8,10-11H2,1H3,(H,20,23)/t13-,16+/m1/s1. The molecule has 0 saturated carbocycles. The van der Waals surface area contributed by atoms with Gasteiger partial charge in [0.15, 0.2) is 0 Å². The van der Waals surface area contributed by atoms with E-state index in [0.717, 1.165) is 25.6 Å². The van der Waals surface area contributed by atoms with Gasteiger partial charge in [0.1, 0.15) is 17.7 Å². The molecule has 2 heterocycles. The van der Waals surface area contributed by atoms with E-state index in [0.29, 0.717) is 31.9 Å². The van der Waals surface area contributed by atoms with E-state index in [-0.39, 0.29) is 11.9 Å². The fraction of sp³-hybridized carbons (Fsp3) is 0.588. The number of likely N-dealkylation sites (N-methyl/N-ethyl adjacent to an activating group) is 1. The summed E-state index contributed by atoms with van der Waals surface area (Å²) in [6, 6.07) is 3.52. The van der Waals surface area contributed by atoms with Crippen LogP contribution in [0.5, 0.6) is 0 Å². The Kier molecular flexibility index (Phi) is 5.30. The zero-order valence-electron chi connectivity index (χ0n) is 13.8. The molecule has 0 unspecified atom stereocenters. The third kappa shape index (κ3) is 3.84. The first-order chi connectivity index (χ1) is 11.6. The summed E-state index contributed by atoms with van der Waals surface area (Å²) in [6.07, 6.45) is 0.280. The molecule has 0 bridgehead atoms. The molecule has 2 aliphatic rings. The van der Waals surface area contributed by atoms with Gasteiger partial charge in [0, 0.05) is 38.3 Å². The fourth-order valence-corrected chi connectivity index (χ4v) is 3.28. The molecule has 2 saturated heterocycles. The molecule has 0 radical (unpaired) electrons. The Hall–Kier alpha value is -1.73. The summed E-state index contributed by atoms with van der Waals surface area (Å²) in [5.41, 5.74) is 0.374. The summed E-state index contributed by atoms with van der Waals surface area (Å²) >= 11 is 0. The maximum absolute atomic E-state index is 13.9. The number of morpholine rings is 1. The van der Waals surface area contributed by atoms with E-state index < -0.39 is 17.7 Å². The lowest BCUT2D eigenvalue weighted by atomic mass is 10.2. The van der Waals surface area contributed by atoms with E-state index in [2.05, 4.69) is 17.1 Å². The summed E-state index contributed by atoms with van der Waals surface area (Å²) in [5.74, 6) is -1.27. The molecule has 1 aromatic carbocycles. The van der Waals surface area contributed by atoms with Gasteiger partial charge in [-0.3, -0.25) is 9.69 Å². The molecule has 0 aromatic heterocycles. The minimum absolute atomic E-state index is 0.0532. The van der Waals surface area contributed by atoms with Crippen molar-refractivity contribution in [1.29, 1.82) is 0 Å². The summed E-state index contributed by atoms with van der Waals surface area (Å²) < 4.78 is 32.4. The number of benzene rings is 1. The Balaban J connectivity index is 1.55. The third-order valence-electron chi connectivity index (χ3n) is 4.68. The van der Waals surface area contributed by atoms with Crippen LogP contribution >= 0.6 is 0 Å². The second kappa shape index (κ2) is 7.44. The van der Waals surface area contributed by atoms with Crippen molar-refractivity contribution in [1.82, 2.24) is 10.2 Å². The molecule has 24 heavy (non-hydrogen) atoms. The van der Waals surface area contributed by atoms with Gasteiger partial charge in [0.2, 0.25) is 0 Å². The highest BCUT2D eigenvalue weighted by Gasteiger charge is 2.30. The Morgan fingerprint density at radius 2 is 2.17 bits per heavy atom. The SMILES string of the molecule is CCN1CCO[C@H](C(=O)N[C@@H]2CCN(c3ccc(F)cc3F)C2)C1. The van der Waals surface area contributed by atoms with Crippen LogP contribution in [0.15, 0.2) is 18.2 Å². The van der Waals surface area contributed by atoms with Gasteiger partial charge in [-0.15, -0.1) is 0 Å². The molecular formula is C17H23F2N3O2. The number of hydrogen-bond donors (Lipinski definition) is 1.